The highest BCUT2D eigenvalue weighted by Crippen LogP contribution is 2.22. The van der Waals surface area contributed by atoms with Gasteiger partial charge in [-0.3, -0.25) is 19.6 Å². The maximum Gasteiger partial charge on any atom is 0.272 e. The van der Waals surface area contributed by atoms with Gasteiger partial charge in [0.25, 0.3) is 5.91 Å². The molecule has 5 N–H and O–H groups in total. The van der Waals surface area contributed by atoms with E-state index in [4.69, 9.17) is 5.21 Å². The van der Waals surface area contributed by atoms with Crippen LogP contribution in [0.25, 0.3) is 0 Å². The van der Waals surface area contributed by atoms with Crippen molar-refractivity contribution in [1.82, 2.24) is 16.1 Å². The molecule has 30 heavy (non-hydrogen) atoms. The topological polar surface area (TPSA) is 128 Å². The number of benzene rings is 1. The Morgan fingerprint density at radius 3 is 2.07 bits per heavy atom. The van der Waals surface area contributed by atoms with Crippen molar-refractivity contribution < 1.29 is 24.7 Å². The van der Waals surface area contributed by atoms with Gasteiger partial charge < -0.3 is 15.7 Å². The van der Waals surface area contributed by atoms with Crippen molar-refractivity contribution in [3.05, 3.63) is 35.9 Å². The van der Waals surface area contributed by atoms with Gasteiger partial charge in [-0.25, -0.2) is 5.48 Å². The van der Waals surface area contributed by atoms with E-state index in [0.29, 0.717) is 12.8 Å². The van der Waals surface area contributed by atoms with Crippen molar-refractivity contribution in [3.63, 3.8) is 0 Å². The highest BCUT2D eigenvalue weighted by molar-refractivity contribution is 5.92. The highest BCUT2D eigenvalue weighted by Gasteiger charge is 2.37. The minimum Gasteiger partial charge on any atom is -0.382 e. The van der Waals surface area contributed by atoms with Crippen LogP contribution in [-0.2, 0) is 20.8 Å². The fraction of sp³-hybridized carbons (Fsp3) is 0.500. The summed E-state index contributed by atoms with van der Waals surface area (Å²) in [5, 5.41) is 24.2. The molecule has 1 unspecified atom stereocenters. The quantitative estimate of drug-likeness (QED) is 0.232. The zero-order valence-corrected chi connectivity index (χ0v) is 18.0. The number of amides is 3. The molecule has 166 valence electrons. The van der Waals surface area contributed by atoms with Gasteiger partial charge in [-0.05, 0) is 30.2 Å². The molecule has 0 radical (unpaired) electrons. The molecule has 3 amide bonds. The number of carbonyl (C=O) groups excluding carboxylic acids is 3. The average Bonchev–Trinajstić information content (AvgIpc) is 2.74. The van der Waals surface area contributed by atoms with E-state index in [1.54, 1.807) is 20.8 Å². The van der Waals surface area contributed by atoms with Crippen LogP contribution in [0.4, 0.5) is 0 Å². The lowest BCUT2D eigenvalue weighted by molar-refractivity contribution is -0.147. The fourth-order valence-electron chi connectivity index (χ4n) is 2.92. The van der Waals surface area contributed by atoms with E-state index in [0.717, 1.165) is 5.56 Å². The first-order chi connectivity index (χ1) is 14.1. The summed E-state index contributed by atoms with van der Waals surface area (Å²) in [6, 6.07) is 8.78. The molecule has 0 aliphatic rings. The number of carbonyl (C=O) groups is 3. The standard InChI is InChI=1S/C20H31N3O5.C2H2/c1-20(2,3)16(19(27)21-4)22-17(25)14(15(24)18(26)23-28)12-8-11-13-9-6-5-7-10-13;1-2/h5-7,9-10,14-16,24,28H,8,11-12H2,1-4H3,(H,21,27)(H,22,25)(H,23,26);1-2H/t14-,15+,16?;/m1./s1. The third kappa shape index (κ3) is 8.64. The predicted molar refractivity (Wildman–Crippen MR) is 114 cm³/mol. The lowest BCUT2D eigenvalue weighted by atomic mass is 9.85. The van der Waals surface area contributed by atoms with E-state index in [9.17, 15) is 19.5 Å². The summed E-state index contributed by atoms with van der Waals surface area (Å²) < 4.78 is 0. The Morgan fingerprint density at radius 2 is 1.60 bits per heavy atom. The van der Waals surface area contributed by atoms with Crippen LogP contribution in [-0.4, -0.2) is 47.2 Å². The van der Waals surface area contributed by atoms with E-state index in [-0.39, 0.29) is 12.3 Å². The Labute approximate surface area is 178 Å². The molecule has 0 saturated carbocycles. The predicted octanol–water partition coefficient (Wildman–Crippen LogP) is 1.02. The normalized spacial score (nSPS) is 13.6. The number of hydrogen-bond acceptors (Lipinski definition) is 5. The molecule has 0 aliphatic heterocycles. The van der Waals surface area contributed by atoms with Gasteiger partial charge in [0.15, 0.2) is 0 Å². The summed E-state index contributed by atoms with van der Waals surface area (Å²) >= 11 is 0. The second-order valence-corrected chi connectivity index (χ2v) is 7.83. The molecular weight excluding hydrogens is 386 g/mol. The molecule has 1 rings (SSSR count). The zero-order valence-electron chi connectivity index (χ0n) is 18.0. The Morgan fingerprint density at radius 1 is 1.03 bits per heavy atom. The largest absolute Gasteiger partial charge is 0.382 e. The molecule has 0 heterocycles. The maximum absolute atomic E-state index is 12.8. The third-order valence-electron chi connectivity index (χ3n) is 4.58. The van der Waals surface area contributed by atoms with Crippen LogP contribution in [0.15, 0.2) is 30.3 Å². The van der Waals surface area contributed by atoms with Gasteiger partial charge in [0.05, 0.1) is 5.92 Å². The number of terminal acetylenes is 1. The van der Waals surface area contributed by atoms with E-state index in [1.807, 2.05) is 30.3 Å². The van der Waals surface area contributed by atoms with Gasteiger partial charge >= 0.3 is 0 Å². The van der Waals surface area contributed by atoms with Gasteiger partial charge in [-0.1, -0.05) is 51.1 Å². The van der Waals surface area contributed by atoms with Crippen molar-refractivity contribution in [2.24, 2.45) is 11.3 Å². The van der Waals surface area contributed by atoms with Gasteiger partial charge in [0, 0.05) is 7.05 Å². The van der Waals surface area contributed by atoms with Crippen molar-refractivity contribution in [2.45, 2.75) is 52.2 Å². The monoisotopic (exact) mass is 419 g/mol. The molecule has 0 fully saturated rings. The number of likely N-dealkylation sites (N-methyl/N-ethyl adjacent to an activating group) is 1. The van der Waals surface area contributed by atoms with Crippen molar-refractivity contribution in [1.29, 1.82) is 0 Å². The summed E-state index contributed by atoms with van der Waals surface area (Å²) in [7, 11) is 1.47. The summed E-state index contributed by atoms with van der Waals surface area (Å²) in [5.41, 5.74) is 1.87. The minimum atomic E-state index is -1.73. The van der Waals surface area contributed by atoms with Crippen LogP contribution in [0.2, 0.25) is 0 Å². The summed E-state index contributed by atoms with van der Waals surface area (Å²) in [6.45, 7) is 5.40. The van der Waals surface area contributed by atoms with Crippen molar-refractivity contribution in [3.8, 4) is 12.8 Å². The molecule has 1 aromatic rings. The van der Waals surface area contributed by atoms with E-state index >= 15 is 0 Å². The first-order valence-electron chi connectivity index (χ1n) is 9.63. The average molecular weight is 420 g/mol. The Bertz CT molecular complexity index is 698. The van der Waals surface area contributed by atoms with Crippen LogP contribution < -0.4 is 16.1 Å². The first kappa shape index (κ1) is 27.1. The van der Waals surface area contributed by atoms with Gasteiger partial charge in [0.2, 0.25) is 11.8 Å². The summed E-state index contributed by atoms with van der Waals surface area (Å²) in [5.74, 6) is -3.16. The summed E-state index contributed by atoms with van der Waals surface area (Å²) in [6.07, 6.45) is 7.68. The van der Waals surface area contributed by atoms with Crippen LogP contribution in [0.1, 0.15) is 39.2 Å². The number of aliphatic hydroxyl groups excluding tert-OH is 1. The molecule has 1 aromatic carbocycles. The van der Waals surface area contributed by atoms with Crippen LogP contribution in [0.3, 0.4) is 0 Å². The smallest absolute Gasteiger partial charge is 0.272 e. The van der Waals surface area contributed by atoms with Crippen LogP contribution in [0, 0.1) is 24.2 Å². The van der Waals surface area contributed by atoms with E-state index in [2.05, 4.69) is 23.5 Å². The fourth-order valence-corrected chi connectivity index (χ4v) is 2.92. The maximum atomic E-state index is 12.8. The number of hydroxylamine groups is 1. The Kier molecular flexibility index (Phi) is 12.1. The third-order valence-corrected chi connectivity index (χ3v) is 4.58. The molecule has 8 heteroatoms. The highest BCUT2D eigenvalue weighted by atomic mass is 16.5. The van der Waals surface area contributed by atoms with E-state index < -0.39 is 35.3 Å². The minimum absolute atomic E-state index is 0.208. The Balaban J connectivity index is 0.00000407. The second kappa shape index (κ2) is 13.4. The van der Waals surface area contributed by atoms with Crippen LogP contribution >= 0.6 is 0 Å². The molecule has 0 spiro atoms. The van der Waals surface area contributed by atoms with Gasteiger partial charge in [-0.2, -0.15) is 0 Å². The number of aliphatic hydroxyl groups is 1. The first-order valence-corrected chi connectivity index (χ1v) is 9.63. The SMILES string of the molecule is C#C.CNC(=O)C(NC(=O)[C@H](CCCc1ccccc1)[C@H](O)C(=O)NO)C(C)(C)C. The molecular formula is C22H33N3O5. The van der Waals surface area contributed by atoms with Crippen molar-refractivity contribution >= 4 is 17.7 Å². The molecule has 0 aromatic heterocycles. The molecule has 3 atom stereocenters. The second-order valence-electron chi connectivity index (χ2n) is 7.83. The van der Waals surface area contributed by atoms with Crippen LogP contribution in [0.5, 0.6) is 0 Å². The zero-order chi connectivity index (χ0) is 23.3. The van der Waals surface area contributed by atoms with Crippen molar-refractivity contribution in [2.75, 3.05) is 7.05 Å². The number of nitrogens with one attached hydrogen (secondary N) is 3. The molecule has 0 saturated heterocycles. The van der Waals surface area contributed by atoms with Gasteiger partial charge in [-0.15, -0.1) is 12.8 Å². The number of aryl methyl sites for hydroxylation is 1. The molecule has 8 nitrogen and oxygen atoms in total. The molecule has 0 bridgehead atoms. The Hall–Kier alpha value is -2.89. The van der Waals surface area contributed by atoms with Gasteiger partial charge in [0.1, 0.15) is 12.1 Å². The lowest BCUT2D eigenvalue weighted by Gasteiger charge is -2.32. The number of rotatable bonds is 9. The lowest BCUT2D eigenvalue weighted by Crippen LogP contribution is -2.56. The summed E-state index contributed by atoms with van der Waals surface area (Å²) in [4.78, 5) is 36.7. The van der Waals surface area contributed by atoms with E-state index in [1.165, 1.54) is 12.5 Å². The molecule has 0 aliphatic carbocycles. The number of hydrogen-bond donors (Lipinski definition) is 5.